The molecule has 0 aliphatic rings. The Kier molecular flexibility index (Phi) is 12.3. The zero-order valence-electron chi connectivity index (χ0n) is 20.8. The molecule has 180 valence electrons. The Bertz CT molecular complexity index is 589. The van der Waals surface area contributed by atoms with E-state index in [0.29, 0.717) is 31.3 Å². The van der Waals surface area contributed by atoms with Crippen molar-refractivity contribution in [3.05, 3.63) is 35.4 Å². The molecule has 2 N–H and O–H groups in total. The van der Waals surface area contributed by atoms with E-state index in [1.54, 1.807) is 0 Å². The van der Waals surface area contributed by atoms with E-state index in [4.69, 9.17) is 14.2 Å². The number of aliphatic hydroxyl groups excluding tert-OH is 1. The minimum atomic E-state index is -1.72. The minimum Gasteiger partial charge on any atom is -0.385 e. The maximum Gasteiger partial charge on any atom is 0.191 e. The Morgan fingerprint density at radius 2 is 1.52 bits per heavy atom. The average molecular weight is 439 g/mol. The Hall–Kier alpha value is -0.980. The Morgan fingerprint density at radius 3 is 1.97 bits per heavy atom. The molecule has 0 fully saturated rings. The second-order valence-corrected chi connectivity index (χ2v) is 9.44. The predicted octanol–water partition coefficient (Wildman–Crippen LogP) is 5.38. The van der Waals surface area contributed by atoms with Crippen LogP contribution < -0.4 is 0 Å². The second kappa shape index (κ2) is 13.5. The molecule has 3 atom stereocenters. The second-order valence-electron chi connectivity index (χ2n) is 9.44. The molecular formula is C26H46O5. The van der Waals surface area contributed by atoms with Gasteiger partial charge >= 0.3 is 0 Å². The molecule has 1 aromatic rings. The Balaban J connectivity index is 3.08. The highest BCUT2D eigenvalue weighted by atomic mass is 16.7. The average Bonchev–Trinajstić information content (AvgIpc) is 2.74. The molecule has 0 radical (unpaired) electrons. The molecule has 0 saturated carbocycles. The van der Waals surface area contributed by atoms with Crippen LogP contribution >= 0.6 is 0 Å². The van der Waals surface area contributed by atoms with Crippen LogP contribution in [0.3, 0.4) is 0 Å². The summed E-state index contributed by atoms with van der Waals surface area (Å²) < 4.78 is 17.4. The van der Waals surface area contributed by atoms with Gasteiger partial charge in [-0.15, -0.1) is 0 Å². The van der Waals surface area contributed by atoms with Crippen LogP contribution in [-0.2, 0) is 19.6 Å². The van der Waals surface area contributed by atoms with Gasteiger partial charge in [-0.25, -0.2) is 0 Å². The highest BCUT2D eigenvalue weighted by molar-refractivity contribution is 5.30. The first-order valence-corrected chi connectivity index (χ1v) is 12.0. The van der Waals surface area contributed by atoms with Crippen LogP contribution in [0.25, 0.3) is 0 Å². The van der Waals surface area contributed by atoms with Crippen LogP contribution in [-0.4, -0.2) is 48.5 Å². The highest BCUT2D eigenvalue weighted by Crippen LogP contribution is 2.33. The van der Waals surface area contributed by atoms with Gasteiger partial charge < -0.3 is 24.4 Å². The van der Waals surface area contributed by atoms with E-state index in [-0.39, 0.29) is 12.0 Å². The number of ether oxygens (including phenoxy) is 3. The molecule has 5 nitrogen and oxygen atoms in total. The monoisotopic (exact) mass is 438 g/mol. The summed E-state index contributed by atoms with van der Waals surface area (Å²) in [5.74, 6) is 0.435. The lowest BCUT2D eigenvalue weighted by atomic mass is 9.84. The fraction of sp³-hybridized carbons (Fsp3) is 0.769. The lowest BCUT2D eigenvalue weighted by Crippen LogP contribution is -2.54. The molecule has 0 heterocycles. The normalized spacial score (nSPS) is 16.3. The smallest absolute Gasteiger partial charge is 0.191 e. The van der Waals surface area contributed by atoms with Gasteiger partial charge in [0, 0.05) is 19.8 Å². The lowest BCUT2D eigenvalue weighted by molar-refractivity contribution is -0.280. The summed E-state index contributed by atoms with van der Waals surface area (Å²) in [5, 5.41) is 22.9. The van der Waals surface area contributed by atoms with E-state index >= 15 is 0 Å². The van der Waals surface area contributed by atoms with Crippen molar-refractivity contribution in [3.8, 4) is 0 Å². The van der Waals surface area contributed by atoms with E-state index in [2.05, 4.69) is 34.6 Å². The fourth-order valence-electron chi connectivity index (χ4n) is 3.66. The maximum absolute atomic E-state index is 11.6. The zero-order chi connectivity index (χ0) is 23.5. The van der Waals surface area contributed by atoms with Gasteiger partial charge in [0.25, 0.3) is 0 Å². The summed E-state index contributed by atoms with van der Waals surface area (Å²) in [6.07, 6.45) is 2.24. The van der Waals surface area contributed by atoms with E-state index in [1.165, 1.54) is 0 Å². The molecular weight excluding hydrogens is 392 g/mol. The zero-order valence-corrected chi connectivity index (χ0v) is 20.8. The van der Waals surface area contributed by atoms with Crippen LogP contribution in [0.1, 0.15) is 91.4 Å². The number of aliphatic hydroxyl groups is 2. The molecule has 0 bridgehead atoms. The molecule has 1 aromatic carbocycles. The van der Waals surface area contributed by atoms with E-state index in [0.717, 1.165) is 31.2 Å². The van der Waals surface area contributed by atoms with Crippen molar-refractivity contribution in [2.45, 2.75) is 97.6 Å². The summed E-state index contributed by atoms with van der Waals surface area (Å²) in [7, 11) is 0. The fourth-order valence-corrected chi connectivity index (χ4v) is 3.66. The molecule has 31 heavy (non-hydrogen) atoms. The predicted molar refractivity (Wildman–Crippen MR) is 126 cm³/mol. The number of rotatable bonds is 15. The first kappa shape index (κ1) is 28.1. The molecule has 0 saturated heterocycles. The lowest BCUT2D eigenvalue weighted by Gasteiger charge is -2.39. The van der Waals surface area contributed by atoms with Crippen molar-refractivity contribution in [1.29, 1.82) is 0 Å². The highest BCUT2D eigenvalue weighted by Gasteiger charge is 2.46. The van der Waals surface area contributed by atoms with E-state index in [1.807, 2.05) is 38.1 Å². The molecule has 1 rings (SSSR count). The van der Waals surface area contributed by atoms with E-state index in [9.17, 15) is 10.2 Å². The van der Waals surface area contributed by atoms with Crippen LogP contribution in [0.2, 0.25) is 0 Å². The van der Waals surface area contributed by atoms with Gasteiger partial charge in [0.05, 0.1) is 6.61 Å². The molecule has 0 spiro atoms. The molecule has 0 amide bonds. The third-order valence-corrected chi connectivity index (χ3v) is 5.84. The summed E-state index contributed by atoms with van der Waals surface area (Å²) in [6, 6.07) is 7.71. The van der Waals surface area contributed by atoms with Crippen molar-refractivity contribution >= 4 is 0 Å². The number of hydrogen-bond acceptors (Lipinski definition) is 5. The van der Waals surface area contributed by atoms with Crippen LogP contribution in [0, 0.1) is 5.92 Å². The first-order chi connectivity index (χ1) is 14.6. The van der Waals surface area contributed by atoms with Gasteiger partial charge in [0.2, 0.25) is 0 Å². The van der Waals surface area contributed by atoms with Crippen LogP contribution in [0.4, 0.5) is 0 Å². The largest absolute Gasteiger partial charge is 0.385 e. The standard InChI is InChI=1S/C26H46O5/c1-8-12-13-20(9-2)18-29-19-26(28,24(30-10-3)31-11-4)23(27)21-14-16-22(17-15-21)25(5,6)7/h14-17,20,23-24,27-28H,8-13,18-19H2,1-7H3. The van der Waals surface area contributed by atoms with E-state index < -0.39 is 18.0 Å². The van der Waals surface area contributed by atoms with Gasteiger partial charge in [-0.3, -0.25) is 0 Å². The number of hydrogen-bond donors (Lipinski definition) is 2. The van der Waals surface area contributed by atoms with Crippen molar-refractivity contribution in [2.24, 2.45) is 5.92 Å². The molecule has 0 aliphatic carbocycles. The molecule has 5 heteroatoms. The number of unbranched alkanes of at least 4 members (excludes halogenated alkanes) is 1. The molecule has 0 aliphatic heterocycles. The van der Waals surface area contributed by atoms with Gasteiger partial charge in [0.1, 0.15) is 6.10 Å². The first-order valence-electron chi connectivity index (χ1n) is 12.0. The van der Waals surface area contributed by atoms with Crippen molar-refractivity contribution in [2.75, 3.05) is 26.4 Å². The third-order valence-electron chi connectivity index (χ3n) is 5.84. The van der Waals surface area contributed by atoms with Crippen molar-refractivity contribution in [1.82, 2.24) is 0 Å². The minimum absolute atomic E-state index is 0.00965. The Morgan fingerprint density at radius 1 is 0.935 bits per heavy atom. The van der Waals surface area contributed by atoms with Gasteiger partial charge in [-0.1, -0.05) is 78.1 Å². The van der Waals surface area contributed by atoms with Gasteiger partial charge in [-0.05, 0) is 42.7 Å². The summed E-state index contributed by atoms with van der Waals surface area (Å²) >= 11 is 0. The van der Waals surface area contributed by atoms with Crippen LogP contribution in [0.15, 0.2) is 24.3 Å². The summed E-state index contributed by atoms with van der Waals surface area (Å²) in [5.41, 5.74) is 0.0614. The van der Waals surface area contributed by atoms with Crippen LogP contribution in [0.5, 0.6) is 0 Å². The third kappa shape index (κ3) is 8.47. The summed E-state index contributed by atoms with van der Waals surface area (Å²) in [6.45, 7) is 15.6. The van der Waals surface area contributed by atoms with Crippen molar-refractivity contribution < 1.29 is 24.4 Å². The van der Waals surface area contributed by atoms with Gasteiger partial charge in [-0.2, -0.15) is 0 Å². The quantitative estimate of drug-likeness (QED) is 0.360. The SMILES string of the molecule is CCCCC(CC)COCC(O)(C(OCC)OCC)C(O)c1ccc(C(C)(C)C)cc1. The number of benzene rings is 1. The molecule has 0 aromatic heterocycles. The molecule has 3 unspecified atom stereocenters. The summed E-state index contributed by atoms with van der Waals surface area (Å²) in [4.78, 5) is 0. The maximum atomic E-state index is 11.6. The van der Waals surface area contributed by atoms with Crippen molar-refractivity contribution in [3.63, 3.8) is 0 Å². The Labute approximate surface area is 190 Å². The topological polar surface area (TPSA) is 68.2 Å². The van der Waals surface area contributed by atoms with Gasteiger partial charge in [0.15, 0.2) is 11.9 Å².